The highest BCUT2D eigenvalue weighted by Crippen LogP contribution is 2.33. The fourth-order valence-corrected chi connectivity index (χ4v) is 3.23. The molecule has 2 heterocycles. The molecule has 8 nitrogen and oxygen atoms in total. The van der Waals surface area contributed by atoms with Gasteiger partial charge in [0.05, 0.1) is 13.2 Å². The topological polar surface area (TPSA) is 114 Å². The van der Waals surface area contributed by atoms with Gasteiger partial charge >= 0.3 is 5.69 Å². The predicted molar refractivity (Wildman–Crippen MR) is 86.7 cm³/mol. The molecule has 0 amide bonds. The van der Waals surface area contributed by atoms with Crippen molar-refractivity contribution in [1.29, 1.82) is 0 Å². The Balaban J connectivity index is 1.80. The summed E-state index contributed by atoms with van der Waals surface area (Å²) in [5, 5.41) is 12.6. The molecule has 0 bridgehead atoms. The van der Waals surface area contributed by atoms with Crippen molar-refractivity contribution in [2.24, 2.45) is 5.92 Å². The molecule has 0 aromatic carbocycles. The molecule has 0 saturated heterocycles. The van der Waals surface area contributed by atoms with Crippen LogP contribution in [0.15, 0.2) is 20.3 Å². The lowest BCUT2D eigenvalue weighted by molar-refractivity contribution is 0.188. The summed E-state index contributed by atoms with van der Waals surface area (Å²) in [5.41, 5.74) is -1.34. The van der Waals surface area contributed by atoms with Gasteiger partial charge in [-0.25, -0.2) is 9.18 Å². The summed E-state index contributed by atoms with van der Waals surface area (Å²) in [5.74, 6) is 0.0862. The van der Waals surface area contributed by atoms with Gasteiger partial charge in [-0.15, -0.1) is 0 Å². The number of alkyl halides is 1. The van der Waals surface area contributed by atoms with Crippen molar-refractivity contribution in [3.63, 3.8) is 0 Å². The zero-order valence-electron chi connectivity index (χ0n) is 13.8. The lowest BCUT2D eigenvalue weighted by Crippen LogP contribution is -2.31. The minimum absolute atomic E-state index is 0.00656. The fraction of sp³-hybridized carbons (Fsp3) is 0.625. The van der Waals surface area contributed by atoms with Crippen LogP contribution in [0.2, 0.25) is 0 Å². The van der Waals surface area contributed by atoms with Gasteiger partial charge in [0.15, 0.2) is 6.17 Å². The molecule has 1 saturated carbocycles. The molecule has 2 N–H and O–H groups in total. The highest BCUT2D eigenvalue weighted by atomic mass is 19.1. The summed E-state index contributed by atoms with van der Waals surface area (Å²) in [6, 6.07) is 0. The van der Waals surface area contributed by atoms with Crippen LogP contribution in [0.1, 0.15) is 50.6 Å². The Hall–Kier alpha value is -2.29. The predicted octanol–water partition coefficient (Wildman–Crippen LogP) is 1.56. The number of rotatable bonds is 6. The van der Waals surface area contributed by atoms with E-state index in [1.54, 1.807) is 0 Å². The second-order valence-corrected chi connectivity index (χ2v) is 6.38. The SMILES string of the molecule is O=c1[nH]c(=O)n(CCO)cc1-c1noc(C(F)CC2CCCCC2)n1. The van der Waals surface area contributed by atoms with Gasteiger partial charge in [0.25, 0.3) is 11.4 Å². The maximum atomic E-state index is 14.4. The minimum atomic E-state index is -1.37. The van der Waals surface area contributed by atoms with Gasteiger partial charge in [0, 0.05) is 6.20 Å². The van der Waals surface area contributed by atoms with Gasteiger partial charge in [-0.05, 0) is 12.3 Å². The summed E-state index contributed by atoms with van der Waals surface area (Å²) < 4.78 is 20.6. The number of nitrogens with zero attached hydrogens (tertiary/aromatic N) is 3. The Morgan fingerprint density at radius 3 is 2.84 bits per heavy atom. The molecule has 0 radical (unpaired) electrons. The van der Waals surface area contributed by atoms with Crippen LogP contribution >= 0.6 is 0 Å². The molecule has 25 heavy (non-hydrogen) atoms. The molecule has 136 valence electrons. The van der Waals surface area contributed by atoms with E-state index in [1.807, 2.05) is 0 Å². The number of aliphatic hydroxyl groups is 1. The van der Waals surface area contributed by atoms with Crippen molar-refractivity contribution in [3.8, 4) is 11.4 Å². The molecule has 1 aliphatic carbocycles. The molecule has 0 aliphatic heterocycles. The van der Waals surface area contributed by atoms with Crippen molar-refractivity contribution >= 4 is 0 Å². The largest absolute Gasteiger partial charge is 0.395 e. The van der Waals surface area contributed by atoms with E-state index in [2.05, 4.69) is 15.1 Å². The number of H-pyrrole nitrogens is 1. The average molecular weight is 352 g/mol. The fourth-order valence-electron chi connectivity index (χ4n) is 3.23. The van der Waals surface area contributed by atoms with Crippen LogP contribution in [0, 0.1) is 5.92 Å². The summed E-state index contributed by atoms with van der Waals surface area (Å²) in [7, 11) is 0. The van der Waals surface area contributed by atoms with Crippen LogP contribution < -0.4 is 11.2 Å². The molecule has 1 unspecified atom stereocenters. The Kier molecular flexibility index (Phi) is 5.42. The van der Waals surface area contributed by atoms with Crippen molar-refractivity contribution < 1.29 is 14.0 Å². The maximum absolute atomic E-state index is 14.4. The van der Waals surface area contributed by atoms with Crippen molar-refractivity contribution in [2.45, 2.75) is 51.2 Å². The number of hydrogen-bond donors (Lipinski definition) is 2. The lowest BCUT2D eigenvalue weighted by Gasteiger charge is -2.21. The van der Waals surface area contributed by atoms with Crippen molar-refractivity contribution in [3.05, 3.63) is 32.9 Å². The summed E-state index contributed by atoms with van der Waals surface area (Å²) in [6.45, 7) is -0.252. The van der Waals surface area contributed by atoms with Crippen LogP contribution in [0.5, 0.6) is 0 Å². The summed E-state index contributed by atoms with van der Waals surface area (Å²) >= 11 is 0. The van der Waals surface area contributed by atoms with E-state index in [0.717, 1.165) is 30.3 Å². The standard InChI is InChI=1S/C16H21FN4O4/c17-12(8-10-4-2-1-3-5-10)15-18-13(20-25-15)11-9-21(6-7-22)16(24)19-14(11)23/h9-10,12,22H,1-8H2,(H,19,23,24). The van der Waals surface area contributed by atoms with Crippen LogP contribution in [0.4, 0.5) is 4.39 Å². The highest BCUT2D eigenvalue weighted by molar-refractivity contribution is 5.50. The third-order valence-corrected chi connectivity index (χ3v) is 4.57. The van der Waals surface area contributed by atoms with Gasteiger partial charge in [0.2, 0.25) is 5.82 Å². The first kappa shape index (κ1) is 17.5. The minimum Gasteiger partial charge on any atom is -0.395 e. The Bertz CT molecular complexity index is 822. The zero-order valence-corrected chi connectivity index (χ0v) is 13.8. The molecule has 1 aliphatic rings. The zero-order chi connectivity index (χ0) is 17.8. The maximum Gasteiger partial charge on any atom is 0.328 e. The smallest absolute Gasteiger partial charge is 0.328 e. The molecule has 1 fully saturated rings. The van der Waals surface area contributed by atoms with Gasteiger partial charge in [-0.2, -0.15) is 4.98 Å². The number of halogens is 1. The van der Waals surface area contributed by atoms with E-state index in [4.69, 9.17) is 9.63 Å². The van der Waals surface area contributed by atoms with Crippen LogP contribution in [0.3, 0.4) is 0 Å². The van der Waals surface area contributed by atoms with Gasteiger partial charge in [-0.3, -0.25) is 14.3 Å². The normalized spacial score (nSPS) is 16.9. The molecule has 2 aromatic heterocycles. The van der Waals surface area contributed by atoms with Gasteiger partial charge in [0.1, 0.15) is 5.56 Å². The van der Waals surface area contributed by atoms with E-state index in [-0.39, 0.29) is 30.4 Å². The first-order valence-corrected chi connectivity index (χ1v) is 8.51. The van der Waals surface area contributed by atoms with E-state index in [9.17, 15) is 14.0 Å². The Morgan fingerprint density at radius 2 is 2.12 bits per heavy atom. The Labute approximate surface area is 142 Å². The summed E-state index contributed by atoms with van der Waals surface area (Å²) in [4.78, 5) is 29.7. The number of aliphatic hydroxyl groups excluding tert-OH is 1. The average Bonchev–Trinajstić information content (AvgIpc) is 3.08. The summed E-state index contributed by atoms with van der Waals surface area (Å²) in [6.07, 6.45) is 5.65. The quantitative estimate of drug-likeness (QED) is 0.815. The van der Waals surface area contributed by atoms with Crippen LogP contribution in [-0.4, -0.2) is 31.4 Å². The second kappa shape index (κ2) is 7.73. The van der Waals surface area contributed by atoms with Crippen molar-refractivity contribution in [2.75, 3.05) is 6.61 Å². The molecule has 0 spiro atoms. The van der Waals surface area contributed by atoms with Crippen LogP contribution in [-0.2, 0) is 6.54 Å². The third kappa shape index (κ3) is 4.04. The third-order valence-electron chi connectivity index (χ3n) is 4.57. The van der Waals surface area contributed by atoms with Crippen LogP contribution in [0.25, 0.3) is 11.4 Å². The number of aromatic nitrogens is 4. The van der Waals surface area contributed by atoms with E-state index >= 15 is 0 Å². The first-order valence-electron chi connectivity index (χ1n) is 8.51. The number of nitrogens with one attached hydrogen (secondary N) is 1. The van der Waals surface area contributed by atoms with Crippen molar-refractivity contribution in [1.82, 2.24) is 19.7 Å². The van der Waals surface area contributed by atoms with E-state index < -0.39 is 17.4 Å². The van der Waals surface area contributed by atoms with E-state index in [1.165, 1.54) is 12.6 Å². The second-order valence-electron chi connectivity index (χ2n) is 6.38. The number of hydrogen-bond acceptors (Lipinski definition) is 6. The molecule has 1 atom stereocenters. The highest BCUT2D eigenvalue weighted by Gasteiger charge is 2.25. The van der Waals surface area contributed by atoms with E-state index in [0.29, 0.717) is 12.3 Å². The molecule has 2 aromatic rings. The number of aromatic amines is 1. The Morgan fingerprint density at radius 1 is 1.36 bits per heavy atom. The van der Waals surface area contributed by atoms with Gasteiger partial charge in [-0.1, -0.05) is 37.3 Å². The molecule has 3 rings (SSSR count). The molecular weight excluding hydrogens is 331 g/mol. The first-order chi connectivity index (χ1) is 12.1. The molecular formula is C16H21FN4O4. The lowest BCUT2D eigenvalue weighted by atomic mass is 9.86. The monoisotopic (exact) mass is 352 g/mol. The van der Waals surface area contributed by atoms with Gasteiger partial charge < -0.3 is 9.63 Å². The molecule has 9 heteroatoms.